The minimum Gasteiger partial charge on any atom is -0.481 e. The third kappa shape index (κ3) is 24.1. The van der Waals surface area contributed by atoms with Gasteiger partial charge in [-0.1, -0.05) is 66.2 Å². The van der Waals surface area contributed by atoms with E-state index in [1.807, 2.05) is 22.9 Å². The number of carboxylic acids is 4. The number of aliphatic carboxylic acids is 4. The smallest absolute Gasteiger partial charge is 0.335 e. The number of allylic oxidation sites excluding steroid dienone is 3. The fourth-order valence-electron chi connectivity index (χ4n) is 9.45. The number of carboxylic acid groups (broad SMARTS) is 4. The van der Waals surface area contributed by atoms with Crippen LogP contribution in [0.5, 0.6) is 0 Å². The number of amides is 11. The number of nitrogens with zero attached hydrogens (tertiary/aromatic N) is 1. The molecule has 11 amide bonds. The maximum absolute atomic E-state index is 14.9. The largest absolute Gasteiger partial charge is 0.481 e. The standard InChI is InChI=1S/C57H90N12O21/c1-10-27(4)17-13-11-12-14-19-36(71)63-41(30(7)55(85)86)51(81)67-43-32(9)60-48(78)35-21-28(5)24-69(35)54(84)40(29(6)25-70)66-50(80)42(31(8)56(87)88)64-37(72)23-59-46(76)34(22-38(73)74)62-53(83)44(45(75)57(89)90)68-47(77)33(18-15-16-20-58)61-49(79)39(26(2)3)65-52(43)82/h11-12,14,19,26-35,39-45,70,75H,10,13,15-18,20-25,58H2,1-9H3,(H,59,76)(H,60,78)(H,61,79)(H,62,83)(H,63,71)(H,64,72)(H,65,82)(H,66,80)(H,67,81)(H,68,77)(H,73,74)(H,85,86)(H,87,88)(H,89,90)/b12-11-,19-14+/t27?,28-,29?,30?,31?,32?,33+,34+,35+,39-,40+,41+,42-,43+,44+,45?/m1/s1. The molecule has 2 heterocycles. The lowest BCUT2D eigenvalue weighted by Gasteiger charge is -2.34. The number of fused-ring (bicyclic) bond motifs is 1. The fraction of sp³-hybridized carbons (Fsp3) is 0.667. The maximum Gasteiger partial charge on any atom is 0.335 e. The number of nitrogens with one attached hydrogen (secondary N) is 10. The van der Waals surface area contributed by atoms with E-state index < -0.39 is 205 Å². The molecule has 0 aliphatic carbocycles. The first-order chi connectivity index (χ1) is 42.1. The highest BCUT2D eigenvalue weighted by molar-refractivity contribution is 6.02. The van der Waals surface area contributed by atoms with Crippen LogP contribution in [-0.2, 0) is 71.9 Å². The number of carbonyl (C=O) groups excluding carboxylic acids is 11. The first kappa shape index (κ1) is 77.5. The summed E-state index contributed by atoms with van der Waals surface area (Å²) in [6, 6.07) is -19.2. The summed E-state index contributed by atoms with van der Waals surface area (Å²) in [5.74, 6) is -26.7. The number of rotatable bonds is 24. The summed E-state index contributed by atoms with van der Waals surface area (Å²) in [4.78, 5) is 206. The van der Waals surface area contributed by atoms with Crippen LogP contribution in [0.25, 0.3) is 0 Å². The molecular formula is C57H90N12O21. The van der Waals surface area contributed by atoms with E-state index in [2.05, 4.69) is 44.1 Å². The van der Waals surface area contributed by atoms with Crippen molar-refractivity contribution in [2.24, 2.45) is 41.2 Å². The summed E-state index contributed by atoms with van der Waals surface area (Å²) in [7, 11) is 0. The predicted molar refractivity (Wildman–Crippen MR) is 316 cm³/mol. The van der Waals surface area contributed by atoms with Crippen molar-refractivity contribution in [3.63, 3.8) is 0 Å². The van der Waals surface area contributed by atoms with Gasteiger partial charge in [0.25, 0.3) is 0 Å². The topological polar surface area (TPSA) is 527 Å². The van der Waals surface area contributed by atoms with Crippen molar-refractivity contribution in [2.75, 3.05) is 26.2 Å². The molecule has 0 aromatic carbocycles. The van der Waals surface area contributed by atoms with Crippen LogP contribution in [-0.4, -0.2) is 217 Å². The molecule has 0 spiro atoms. The van der Waals surface area contributed by atoms with Gasteiger partial charge < -0.3 is 94.4 Å². The molecule has 2 aliphatic heterocycles. The van der Waals surface area contributed by atoms with Gasteiger partial charge in [-0.3, -0.25) is 67.1 Å². The molecule has 2 aliphatic rings. The number of nitrogens with two attached hydrogens (primary N) is 1. The number of aliphatic hydroxyl groups is 2. The quantitative estimate of drug-likeness (QED) is 0.0246. The van der Waals surface area contributed by atoms with Gasteiger partial charge in [-0.25, -0.2) is 4.79 Å². The summed E-state index contributed by atoms with van der Waals surface area (Å²) < 4.78 is 0. The van der Waals surface area contributed by atoms with E-state index in [4.69, 9.17) is 5.73 Å². The van der Waals surface area contributed by atoms with E-state index >= 15 is 0 Å². The first-order valence-corrected chi connectivity index (χ1v) is 29.6. The summed E-state index contributed by atoms with van der Waals surface area (Å²) in [5, 5.41) is 83.3. The van der Waals surface area contributed by atoms with Gasteiger partial charge in [0.05, 0.1) is 30.8 Å². The summed E-state index contributed by atoms with van der Waals surface area (Å²) in [6.45, 7) is 11.1. The van der Waals surface area contributed by atoms with Gasteiger partial charge in [0.1, 0.15) is 54.4 Å². The predicted octanol–water partition coefficient (Wildman–Crippen LogP) is -4.55. The van der Waals surface area contributed by atoms with E-state index in [9.17, 15) is 103 Å². The number of hydrogen-bond acceptors (Lipinski definition) is 18. The molecule has 0 bridgehead atoms. The Hall–Kier alpha value is -8.59. The first-order valence-electron chi connectivity index (χ1n) is 29.6. The monoisotopic (exact) mass is 1280 g/mol. The Balaban J connectivity index is 2.99. The van der Waals surface area contributed by atoms with Crippen molar-refractivity contribution >= 4 is 88.9 Å². The van der Waals surface area contributed by atoms with Gasteiger partial charge in [0.15, 0.2) is 6.10 Å². The Labute approximate surface area is 520 Å². The third-order valence-electron chi connectivity index (χ3n) is 15.4. The zero-order valence-electron chi connectivity index (χ0n) is 51.9. The fourth-order valence-corrected chi connectivity index (χ4v) is 9.45. The molecule has 2 saturated heterocycles. The van der Waals surface area contributed by atoms with Crippen LogP contribution in [0.3, 0.4) is 0 Å². The molecule has 0 radical (unpaired) electrons. The minimum absolute atomic E-state index is 0.0453. The SMILES string of the molecule is CCC(C)CC/C=C\C=C\C(=O)N[C@H](C(=O)N[C@@H]1C(=O)N[C@H](C(C)C)C(=O)N[C@@H](CCCCN)C(=O)N[C@@H](C(O)C(=O)O)C(=O)N[C@@H](CC(=O)O)C(=O)NCC(=O)N[C@H](C(C)C(=O)O)C(=O)N[C@@H](C(C)CO)C(=O)N2C[C@H](C)C[C@H]2C(=O)NC1C)C(C)C(=O)O. The highest BCUT2D eigenvalue weighted by Gasteiger charge is 2.46. The Kier molecular flexibility index (Phi) is 32.2. The average molecular weight is 1280 g/mol. The van der Waals surface area contributed by atoms with Crippen LogP contribution in [0, 0.1) is 35.5 Å². The zero-order chi connectivity index (χ0) is 68.4. The van der Waals surface area contributed by atoms with Crippen LogP contribution in [0.4, 0.5) is 0 Å². The minimum atomic E-state index is -2.85. The Morgan fingerprint density at radius 1 is 0.689 bits per heavy atom. The molecular weight excluding hydrogens is 1190 g/mol. The van der Waals surface area contributed by atoms with Gasteiger partial charge in [0.2, 0.25) is 65.0 Å². The van der Waals surface area contributed by atoms with E-state index in [1.165, 1.54) is 33.8 Å². The molecule has 16 atom stereocenters. The van der Waals surface area contributed by atoms with Gasteiger partial charge in [-0.2, -0.15) is 0 Å². The molecule has 33 heteroatoms. The van der Waals surface area contributed by atoms with Crippen molar-refractivity contribution in [3.8, 4) is 0 Å². The second-order valence-electron chi connectivity index (χ2n) is 23.2. The molecule has 2 rings (SSSR count). The third-order valence-corrected chi connectivity index (χ3v) is 15.4. The van der Waals surface area contributed by atoms with Crippen molar-refractivity contribution in [3.05, 3.63) is 24.3 Å². The second kappa shape index (κ2) is 37.4. The van der Waals surface area contributed by atoms with E-state index in [0.29, 0.717) is 12.3 Å². The second-order valence-corrected chi connectivity index (χ2v) is 23.2. The maximum atomic E-state index is 14.9. The van der Waals surface area contributed by atoms with E-state index in [1.54, 1.807) is 19.1 Å². The molecule has 504 valence electrons. The van der Waals surface area contributed by atoms with Gasteiger partial charge in [-0.05, 0) is 83.6 Å². The van der Waals surface area contributed by atoms with Crippen molar-refractivity contribution in [1.29, 1.82) is 0 Å². The zero-order valence-corrected chi connectivity index (χ0v) is 51.9. The van der Waals surface area contributed by atoms with Gasteiger partial charge in [0, 0.05) is 25.1 Å². The number of aliphatic hydroxyl groups excluding tert-OH is 2. The molecule has 0 saturated carbocycles. The molecule has 90 heavy (non-hydrogen) atoms. The summed E-state index contributed by atoms with van der Waals surface area (Å²) >= 11 is 0. The number of hydrogen-bond donors (Lipinski definition) is 17. The van der Waals surface area contributed by atoms with Crippen LogP contribution in [0.1, 0.15) is 114 Å². The highest BCUT2D eigenvalue weighted by Crippen LogP contribution is 2.26. The van der Waals surface area contributed by atoms with Crippen molar-refractivity contribution in [2.45, 2.75) is 180 Å². The van der Waals surface area contributed by atoms with E-state index in [-0.39, 0.29) is 38.8 Å². The van der Waals surface area contributed by atoms with Crippen LogP contribution in [0.2, 0.25) is 0 Å². The van der Waals surface area contributed by atoms with Crippen LogP contribution < -0.4 is 58.9 Å². The Morgan fingerprint density at radius 2 is 1.29 bits per heavy atom. The molecule has 2 fully saturated rings. The molecule has 0 aromatic rings. The summed E-state index contributed by atoms with van der Waals surface area (Å²) in [5.41, 5.74) is 5.69. The highest BCUT2D eigenvalue weighted by atomic mass is 16.4. The molecule has 0 aromatic heterocycles. The lowest BCUT2D eigenvalue weighted by molar-refractivity contribution is -0.153. The number of carbonyl (C=O) groups is 15. The molecule has 33 nitrogen and oxygen atoms in total. The average Bonchev–Trinajstić information content (AvgIpc) is 1.67. The van der Waals surface area contributed by atoms with Crippen LogP contribution in [0.15, 0.2) is 24.3 Å². The molecule has 6 unspecified atom stereocenters. The van der Waals surface area contributed by atoms with Crippen molar-refractivity contribution in [1.82, 2.24) is 58.1 Å². The number of unbranched alkanes of at least 4 members (excludes halogenated alkanes) is 1. The van der Waals surface area contributed by atoms with E-state index in [0.717, 1.165) is 37.7 Å². The van der Waals surface area contributed by atoms with Crippen LogP contribution >= 0.6 is 0 Å². The molecule has 18 N–H and O–H groups in total. The van der Waals surface area contributed by atoms with Gasteiger partial charge >= 0.3 is 23.9 Å². The normalized spacial score (nSPS) is 26.2. The lowest BCUT2D eigenvalue weighted by Crippen LogP contribution is -2.65. The van der Waals surface area contributed by atoms with Gasteiger partial charge in [-0.15, -0.1) is 0 Å². The van der Waals surface area contributed by atoms with Crippen molar-refractivity contribution < 1.29 is 103 Å². The summed E-state index contributed by atoms with van der Waals surface area (Å²) in [6.07, 6.45) is 3.95. The Morgan fingerprint density at radius 3 is 1.86 bits per heavy atom. The lowest BCUT2D eigenvalue weighted by atomic mass is 9.97. The Bertz CT molecular complexity index is 2670.